The van der Waals surface area contributed by atoms with Crippen molar-refractivity contribution >= 4 is 22.8 Å². The maximum atomic E-state index is 13.0. The summed E-state index contributed by atoms with van der Waals surface area (Å²) in [4.78, 5) is 26.7. The number of nitrogens with zero attached hydrogens (tertiary/aromatic N) is 1. The van der Waals surface area contributed by atoms with Crippen LogP contribution in [0.3, 0.4) is 0 Å². The first kappa shape index (κ1) is 16.2. The second kappa shape index (κ2) is 5.61. The van der Waals surface area contributed by atoms with E-state index in [1.54, 1.807) is 0 Å². The van der Waals surface area contributed by atoms with Crippen molar-refractivity contribution in [2.75, 3.05) is 13.1 Å². The topological polar surface area (TPSA) is 62.6 Å². The first-order valence-electron chi connectivity index (χ1n) is 8.98. The number of β-lactam (4-membered cyclic amide) rings is 1. The Kier molecular flexibility index (Phi) is 3.63. The van der Waals surface area contributed by atoms with Gasteiger partial charge in [-0.05, 0) is 45.6 Å². The molecule has 5 nitrogen and oxygen atoms in total. The average molecular weight is 340 g/mol. The van der Waals surface area contributed by atoms with Crippen LogP contribution in [0.2, 0.25) is 0 Å². The number of nitrogens with one attached hydrogen (secondary N) is 1. The minimum atomic E-state index is -0.284. The third-order valence-corrected chi connectivity index (χ3v) is 5.93. The lowest BCUT2D eigenvalue weighted by Gasteiger charge is -2.50. The number of likely N-dealkylation sites (tertiary alicyclic amines) is 1. The third-order valence-electron chi connectivity index (χ3n) is 5.93. The lowest BCUT2D eigenvalue weighted by atomic mass is 9.68. The monoisotopic (exact) mass is 340 g/mol. The van der Waals surface area contributed by atoms with Crippen molar-refractivity contribution in [3.05, 3.63) is 35.6 Å². The molecule has 2 amide bonds. The highest BCUT2D eigenvalue weighted by Gasteiger charge is 2.51. The van der Waals surface area contributed by atoms with Gasteiger partial charge in [-0.25, -0.2) is 0 Å². The van der Waals surface area contributed by atoms with Crippen LogP contribution >= 0.6 is 0 Å². The Bertz CT molecular complexity index is 844. The van der Waals surface area contributed by atoms with Crippen molar-refractivity contribution in [1.82, 2.24) is 10.2 Å². The minimum absolute atomic E-state index is 0.0535. The summed E-state index contributed by atoms with van der Waals surface area (Å²) in [5.41, 5.74) is 1.16. The molecule has 0 bridgehead atoms. The van der Waals surface area contributed by atoms with Gasteiger partial charge in [0.15, 0.2) is 0 Å². The summed E-state index contributed by atoms with van der Waals surface area (Å²) < 4.78 is 5.74. The SMILES string of the molecule is Cc1oc2ccccc2c1C(=O)N1CCC(C2NC(=O)C2(C)C)CC1. The van der Waals surface area contributed by atoms with Crippen molar-refractivity contribution in [3.63, 3.8) is 0 Å². The van der Waals surface area contributed by atoms with Gasteiger partial charge in [0.05, 0.1) is 11.0 Å². The second-order valence-electron chi connectivity index (χ2n) is 7.83. The summed E-state index contributed by atoms with van der Waals surface area (Å²) >= 11 is 0. The van der Waals surface area contributed by atoms with Crippen LogP contribution in [0.1, 0.15) is 42.8 Å². The molecule has 1 atom stereocenters. The number of benzene rings is 1. The quantitative estimate of drug-likeness (QED) is 0.855. The predicted molar refractivity (Wildman–Crippen MR) is 95.3 cm³/mol. The van der Waals surface area contributed by atoms with Crippen molar-refractivity contribution < 1.29 is 14.0 Å². The van der Waals surface area contributed by atoms with E-state index in [0.717, 1.165) is 36.9 Å². The van der Waals surface area contributed by atoms with Crippen LogP contribution in [-0.4, -0.2) is 35.8 Å². The first-order valence-corrected chi connectivity index (χ1v) is 8.98. The number of carbonyl (C=O) groups is 2. The van der Waals surface area contributed by atoms with Gasteiger partial charge in [-0.3, -0.25) is 9.59 Å². The highest BCUT2D eigenvalue weighted by molar-refractivity contribution is 6.07. The highest BCUT2D eigenvalue weighted by atomic mass is 16.3. The van der Waals surface area contributed by atoms with E-state index >= 15 is 0 Å². The zero-order valence-electron chi connectivity index (χ0n) is 15.0. The van der Waals surface area contributed by atoms with Gasteiger partial charge >= 0.3 is 0 Å². The van der Waals surface area contributed by atoms with Crippen LogP contribution in [0.25, 0.3) is 11.0 Å². The number of fused-ring (bicyclic) bond motifs is 1. The molecule has 1 N–H and O–H groups in total. The van der Waals surface area contributed by atoms with E-state index in [1.807, 2.05) is 49.9 Å². The summed E-state index contributed by atoms with van der Waals surface area (Å²) in [6, 6.07) is 7.92. The Morgan fingerprint density at radius 2 is 1.92 bits per heavy atom. The zero-order chi connectivity index (χ0) is 17.8. The summed E-state index contributed by atoms with van der Waals surface area (Å²) in [5.74, 6) is 1.31. The molecule has 0 spiro atoms. The van der Waals surface area contributed by atoms with E-state index in [0.29, 0.717) is 17.2 Å². The molecular weight excluding hydrogens is 316 g/mol. The van der Waals surface area contributed by atoms with Gasteiger partial charge in [-0.2, -0.15) is 0 Å². The van der Waals surface area contributed by atoms with Gasteiger partial charge in [0, 0.05) is 24.5 Å². The predicted octanol–water partition coefficient (Wildman–Crippen LogP) is 3.12. The van der Waals surface area contributed by atoms with Crippen molar-refractivity contribution in [3.8, 4) is 0 Å². The normalized spacial score (nSPS) is 23.4. The van der Waals surface area contributed by atoms with Crippen molar-refractivity contribution in [1.29, 1.82) is 0 Å². The molecule has 25 heavy (non-hydrogen) atoms. The first-order chi connectivity index (χ1) is 11.9. The molecule has 4 rings (SSSR count). The van der Waals surface area contributed by atoms with Gasteiger partial charge in [0.1, 0.15) is 11.3 Å². The maximum absolute atomic E-state index is 13.0. The third kappa shape index (κ3) is 2.44. The molecule has 0 radical (unpaired) electrons. The number of hydrogen-bond donors (Lipinski definition) is 1. The van der Waals surface area contributed by atoms with Crippen LogP contribution in [0.4, 0.5) is 0 Å². The molecule has 5 heteroatoms. The van der Waals surface area contributed by atoms with E-state index < -0.39 is 0 Å². The molecule has 2 fully saturated rings. The molecule has 1 aromatic carbocycles. The Morgan fingerprint density at radius 1 is 1.24 bits per heavy atom. The van der Waals surface area contributed by atoms with E-state index in [9.17, 15) is 9.59 Å². The molecule has 2 saturated heterocycles. The summed E-state index contributed by atoms with van der Waals surface area (Å²) in [5, 5.41) is 3.94. The number of aryl methyl sites for hydroxylation is 1. The molecular formula is C20H24N2O3. The molecule has 2 aromatic rings. The van der Waals surface area contributed by atoms with Crippen LogP contribution in [-0.2, 0) is 4.79 Å². The highest BCUT2D eigenvalue weighted by Crippen LogP contribution is 2.39. The van der Waals surface area contributed by atoms with Crippen LogP contribution in [0.5, 0.6) is 0 Å². The molecule has 132 valence electrons. The van der Waals surface area contributed by atoms with Crippen LogP contribution < -0.4 is 5.32 Å². The van der Waals surface area contributed by atoms with Gasteiger partial charge in [-0.1, -0.05) is 18.2 Å². The van der Waals surface area contributed by atoms with Crippen molar-refractivity contribution in [2.45, 2.75) is 39.7 Å². The number of amides is 2. The lowest BCUT2D eigenvalue weighted by molar-refractivity contribution is -0.146. The van der Waals surface area contributed by atoms with Gasteiger partial charge in [0.2, 0.25) is 5.91 Å². The Balaban J connectivity index is 1.48. The Labute approximate surface area is 147 Å². The maximum Gasteiger partial charge on any atom is 0.258 e. The molecule has 0 saturated carbocycles. The molecule has 2 aliphatic heterocycles. The number of piperidine rings is 1. The number of furan rings is 1. The minimum Gasteiger partial charge on any atom is -0.461 e. The lowest BCUT2D eigenvalue weighted by Crippen LogP contribution is -2.68. The summed E-state index contributed by atoms with van der Waals surface area (Å²) in [6.45, 7) is 7.33. The standard InChI is InChI=1S/C20H24N2O3/c1-12-16(14-6-4-5-7-15(14)25-12)18(23)22-10-8-13(9-11-22)17-20(2,3)19(24)21-17/h4-7,13,17H,8-11H2,1-3H3,(H,21,24). The number of rotatable bonds is 2. The fourth-order valence-electron chi connectivity index (χ4n) is 4.31. The number of para-hydroxylation sites is 1. The Hall–Kier alpha value is -2.30. The molecule has 0 aliphatic carbocycles. The van der Waals surface area contributed by atoms with Crippen LogP contribution in [0, 0.1) is 18.3 Å². The molecule has 2 aliphatic rings. The Morgan fingerprint density at radius 3 is 2.56 bits per heavy atom. The smallest absolute Gasteiger partial charge is 0.258 e. The van der Waals surface area contributed by atoms with Crippen LogP contribution in [0.15, 0.2) is 28.7 Å². The summed E-state index contributed by atoms with van der Waals surface area (Å²) in [6.07, 6.45) is 1.85. The molecule has 1 unspecified atom stereocenters. The van der Waals surface area contributed by atoms with E-state index in [2.05, 4.69) is 5.32 Å². The number of hydrogen-bond acceptors (Lipinski definition) is 3. The second-order valence-corrected chi connectivity index (χ2v) is 7.83. The van der Waals surface area contributed by atoms with E-state index in [4.69, 9.17) is 4.42 Å². The average Bonchev–Trinajstić information content (AvgIpc) is 2.95. The van der Waals surface area contributed by atoms with Gasteiger partial charge in [-0.15, -0.1) is 0 Å². The van der Waals surface area contributed by atoms with Gasteiger partial charge in [0.25, 0.3) is 5.91 Å². The van der Waals surface area contributed by atoms with Crippen molar-refractivity contribution in [2.24, 2.45) is 11.3 Å². The fraction of sp³-hybridized carbons (Fsp3) is 0.500. The summed E-state index contributed by atoms with van der Waals surface area (Å²) in [7, 11) is 0. The molecule has 1 aromatic heterocycles. The van der Waals surface area contributed by atoms with Gasteiger partial charge < -0.3 is 14.6 Å². The number of carbonyl (C=O) groups excluding carboxylic acids is 2. The fourth-order valence-corrected chi connectivity index (χ4v) is 4.31. The zero-order valence-corrected chi connectivity index (χ0v) is 15.0. The largest absolute Gasteiger partial charge is 0.461 e. The van der Waals surface area contributed by atoms with E-state index in [-0.39, 0.29) is 23.3 Å². The van der Waals surface area contributed by atoms with E-state index in [1.165, 1.54) is 0 Å². The molecule has 3 heterocycles.